The highest BCUT2D eigenvalue weighted by molar-refractivity contribution is 4.90. The van der Waals surface area contributed by atoms with Crippen LogP contribution in [0.5, 0.6) is 0 Å². The van der Waals surface area contributed by atoms with Crippen molar-refractivity contribution in [3.05, 3.63) is 0 Å². The van der Waals surface area contributed by atoms with Gasteiger partial charge in [0, 0.05) is 18.6 Å². The van der Waals surface area contributed by atoms with E-state index in [9.17, 15) is 13.2 Å². The standard InChI is InChI=1S/C13H25F3N2/c1-3-5-12(9-17-8-4-2)18(11-6-7-11)10-13(14,15)16/h11-12,17H,3-10H2,1-2H3. The first-order valence-electron chi connectivity index (χ1n) is 7.01. The molecule has 0 radical (unpaired) electrons. The van der Waals surface area contributed by atoms with Crippen LogP contribution in [0, 0.1) is 0 Å². The molecule has 18 heavy (non-hydrogen) atoms. The second-order valence-electron chi connectivity index (χ2n) is 5.17. The SMILES string of the molecule is CCCNCC(CCC)N(CC(F)(F)F)C1CC1. The van der Waals surface area contributed by atoms with E-state index >= 15 is 0 Å². The summed E-state index contributed by atoms with van der Waals surface area (Å²) in [5.74, 6) is 0. The molecule has 1 saturated carbocycles. The van der Waals surface area contributed by atoms with Crippen LogP contribution in [0.15, 0.2) is 0 Å². The molecule has 0 heterocycles. The van der Waals surface area contributed by atoms with Crippen molar-refractivity contribution in [2.75, 3.05) is 19.6 Å². The number of alkyl halides is 3. The Morgan fingerprint density at radius 3 is 2.33 bits per heavy atom. The minimum atomic E-state index is -4.08. The van der Waals surface area contributed by atoms with E-state index in [1.165, 1.54) is 0 Å². The maximum absolute atomic E-state index is 12.6. The lowest BCUT2D eigenvalue weighted by molar-refractivity contribution is -0.152. The van der Waals surface area contributed by atoms with Gasteiger partial charge in [-0.25, -0.2) is 0 Å². The van der Waals surface area contributed by atoms with Crippen molar-refractivity contribution in [1.82, 2.24) is 10.2 Å². The van der Waals surface area contributed by atoms with E-state index in [1.54, 1.807) is 4.90 Å². The van der Waals surface area contributed by atoms with E-state index in [4.69, 9.17) is 0 Å². The molecule has 1 aliphatic carbocycles. The van der Waals surface area contributed by atoms with Gasteiger partial charge in [0.05, 0.1) is 6.54 Å². The predicted molar refractivity (Wildman–Crippen MR) is 67.6 cm³/mol. The zero-order chi connectivity index (χ0) is 13.6. The summed E-state index contributed by atoms with van der Waals surface area (Å²) in [5.41, 5.74) is 0. The summed E-state index contributed by atoms with van der Waals surface area (Å²) in [6, 6.07) is 0.183. The van der Waals surface area contributed by atoms with Gasteiger partial charge in [0.2, 0.25) is 0 Å². The Labute approximate surface area is 108 Å². The van der Waals surface area contributed by atoms with Crippen molar-refractivity contribution in [3.8, 4) is 0 Å². The maximum Gasteiger partial charge on any atom is 0.401 e. The van der Waals surface area contributed by atoms with Gasteiger partial charge in [-0.2, -0.15) is 13.2 Å². The summed E-state index contributed by atoms with van der Waals surface area (Å²) in [6.45, 7) is 4.90. The molecule has 0 aromatic rings. The average Bonchev–Trinajstić information content (AvgIpc) is 3.08. The van der Waals surface area contributed by atoms with Gasteiger partial charge in [-0.15, -0.1) is 0 Å². The number of halogens is 3. The highest BCUT2D eigenvalue weighted by Gasteiger charge is 2.40. The molecular weight excluding hydrogens is 241 g/mol. The van der Waals surface area contributed by atoms with Crippen LogP contribution in [0.2, 0.25) is 0 Å². The van der Waals surface area contributed by atoms with Gasteiger partial charge in [0.25, 0.3) is 0 Å². The highest BCUT2D eigenvalue weighted by atomic mass is 19.4. The van der Waals surface area contributed by atoms with E-state index in [0.717, 1.165) is 38.6 Å². The van der Waals surface area contributed by atoms with E-state index in [0.29, 0.717) is 6.54 Å². The van der Waals surface area contributed by atoms with Crippen molar-refractivity contribution >= 4 is 0 Å². The zero-order valence-corrected chi connectivity index (χ0v) is 11.4. The molecule has 0 spiro atoms. The zero-order valence-electron chi connectivity index (χ0n) is 11.4. The van der Waals surface area contributed by atoms with Gasteiger partial charge in [-0.1, -0.05) is 20.3 Å². The lowest BCUT2D eigenvalue weighted by Gasteiger charge is -2.32. The van der Waals surface area contributed by atoms with Crippen molar-refractivity contribution in [3.63, 3.8) is 0 Å². The van der Waals surface area contributed by atoms with Gasteiger partial charge >= 0.3 is 6.18 Å². The number of hydrogen-bond donors (Lipinski definition) is 1. The lowest BCUT2D eigenvalue weighted by atomic mass is 10.1. The van der Waals surface area contributed by atoms with Crippen LogP contribution in [0.25, 0.3) is 0 Å². The minimum Gasteiger partial charge on any atom is -0.315 e. The fourth-order valence-electron chi connectivity index (χ4n) is 2.33. The Kier molecular flexibility index (Phi) is 6.43. The first-order valence-corrected chi connectivity index (χ1v) is 7.01. The molecule has 1 N–H and O–H groups in total. The normalized spacial score (nSPS) is 18.3. The molecule has 1 unspecified atom stereocenters. The van der Waals surface area contributed by atoms with Crippen LogP contribution in [0.1, 0.15) is 46.0 Å². The molecule has 0 saturated heterocycles. The number of nitrogens with one attached hydrogen (secondary N) is 1. The number of hydrogen-bond acceptors (Lipinski definition) is 2. The Bertz CT molecular complexity index is 227. The summed E-state index contributed by atoms with van der Waals surface area (Å²) < 4.78 is 37.9. The van der Waals surface area contributed by atoms with E-state index in [-0.39, 0.29) is 12.1 Å². The third-order valence-electron chi connectivity index (χ3n) is 3.28. The second kappa shape index (κ2) is 7.34. The molecule has 1 atom stereocenters. The van der Waals surface area contributed by atoms with Crippen LogP contribution in [-0.2, 0) is 0 Å². The van der Waals surface area contributed by atoms with Crippen LogP contribution >= 0.6 is 0 Å². The molecule has 0 aliphatic heterocycles. The van der Waals surface area contributed by atoms with Gasteiger partial charge in [-0.05, 0) is 32.2 Å². The number of rotatable bonds is 9. The Morgan fingerprint density at radius 1 is 1.22 bits per heavy atom. The second-order valence-corrected chi connectivity index (χ2v) is 5.17. The molecule has 0 aromatic heterocycles. The van der Waals surface area contributed by atoms with Crippen LogP contribution in [-0.4, -0.2) is 42.8 Å². The Balaban J connectivity index is 2.53. The third kappa shape index (κ3) is 6.05. The van der Waals surface area contributed by atoms with Gasteiger partial charge in [0.15, 0.2) is 0 Å². The van der Waals surface area contributed by atoms with E-state index in [2.05, 4.69) is 12.2 Å². The topological polar surface area (TPSA) is 15.3 Å². The first kappa shape index (κ1) is 15.8. The largest absolute Gasteiger partial charge is 0.401 e. The van der Waals surface area contributed by atoms with Crippen LogP contribution in [0.4, 0.5) is 13.2 Å². The number of nitrogens with zero attached hydrogens (tertiary/aromatic N) is 1. The molecule has 0 amide bonds. The predicted octanol–water partition coefficient (Wildman–Crippen LogP) is 3.18. The fourth-order valence-corrected chi connectivity index (χ4v) is 2.33. The van der Waals surface area contributed by atoms with Gasteiger partial charge < -0.3 is 5.32 Å². The first-order chi connectivity index (χ1) is 8.48. The molecule has 0 bridgehead atoms. The van der Waals surface area contributed by atoms with Gasteiger partial charge in [0.1, 0.15) is 0 Å². The summed E-state index contributed by atoms with van der Waals surface area (Å²) in [7, 11) is 0. The Morgan fingerprint density at radius 2 is 1.89 bits per heavy atom. The lowest BCUT2D eigenvalue weighted by Crippen LogP contribution is -2.47. The maximum atomic E-state index is 12.6. The van der Waals surface area contributed by atoms with Crippen molar-refractivity contribution in [1.29, 1.82) is 0 Å². The summed E-state index contributed by atoms with van der Waals surface area (Å²) >= 11 is 0. The van der Waals surface area contributed by atoms with Gasteiger partial charge in [-0.3, -0.25) is 4.90 Å². The summed E-state index contributed by atoms with van der Waals surface area (Å²) in [4.78, 5) is 1.67. The molecule has 108 valence electrons. The van der Waals surface area contributed by atoms with E-state index in [1.807, 2.05) is 6.92 Å². The van der Waals surface area contributed by atoms with Crippen molar-refractivity contribution in [2.45, 2.75) is 64.2 Å². The van der Waals surface area contributed by atoms with Crippen LogP contribution in [0.3, 0.4) is 0 Å². The molecule has 1 fully saturated rings. The molecule has 0 aromatic carbocycles. The van der Waals surface area contributed by atoms with E-state index < -0.39 is 12.7 Å². The fraction of sp³-hybridized carbons (Fsp3) is 1.00. The molecule has 1 rings (SSSR count). The monoisotopic (exact) mass is 266 g/mol. The highest BCUT2D eigenvalue weighted by Crippen LogP contribution is 2.32. The Hall–Kier alpha value is -0.290. The quantitative estimate of drug-likeness (QED) is 0.645. The minimum absolute atomic E-state index is 0.0238. The summed E-state index contributed by atoms with van der Waals surface area (Å²) in [6.07, 6.45) is 0.540. The molecule has 5 heteroatoms. The average molecular weight is 266 g/mol. The summed E-state index contributed by atoms with van der Waals surface area (Å²) in [5, 5.41) is 3.26. The van der Waals surface area contributed by atoms with Crippen LogP contribution < -0.4 is 5.32 Å². The third-order valence-corrected chi connectivity index (χ3v) is 3.28. The smallest absolute Gasteiger partial charge is 0.315 e. The molecule has 1 aliphatic rings. The van der Waals surface area contributed by atoms with Crippen molar-refractivity contribution in [2.24, 2.45) is 0 Å². The molecule has 2 nitrogen and oxygen atoms in total. The van der Waals surface area contributed by atoms with Crippen molar-refractivity contribution < 1.29 is 13.2 Å². The molecular formula is C13H25F3N2.